The predicted octanol–water partition coefficient (Wildman–Crippen LogP) is 2.21. The van der Waals surface area contributed by atoms with Gasteiger partial charge in [0.05, 0.1) is 13.2 Å². The number of ether oxygens (including phenoxy) is 2. The van der Waals surface area contributed by atoms with Crippen molar-refractivity contribution in [2.75, 3.05) is 20.3 Å². The molecule has 116 valence electrons. The van der Waals surface area contributed by atoms with Crippen molar-refractivity contribution in [2.45, 2.75) is 25.9 Å². The molecule has 1 atom stereocenters. The van der Waals surface area contributed by atoms with Crippen LogP contribution in [-0.2, 0) is 9.53 Å². The van der Waals surface area contributed by atoms with Gasteiger partial charge in [-0.1, -0.05) is 6.07 Å². The molecule has 0 spiro atoms. The molecule has 1 aliphatic rings. The second-order valence-corrected chi connectivity index (χ2v) is 5.24. The zero-order valence-corrected chi connectivity index (χ0v) is 12.9. The van der Waals surface area contributed by atoms with Crippen molar-refractivity contribution < 1.29 is 14.3 Å². The van der Waals surface area contributed by atoms with Crippen molar-refractivity contribution in [1.29, 1.82) is 5.26 Å². The Bertz CT molecular complexity index is 611. The summed E-state index contributed by atoms with van der Waals surface area (Å²) in [7, 11) is 1.60. The predicted molar refractivity (Wildman–Crippen MR) is 83.3 cm³/mol. The maximum absolute atomic E-state index is 12.1. The van der Waals surface area contributed by atoms with Crippen LogP contribution in [0.15, 0.2) is 23.8 Å². The van der Waals surface area contributed by atoms with E-state index >= 15 is 0 Å². The van der Waals surface area contributed by atoms with Crippen molar-refractivity contribution in [3.05, 3.63) is 34.9 Å². The van der Waals surface area contributed by atoms with Crippen LogP contribution in [0.2, 0.25) is 0 Å². The Morgan fingerprint density at radius 2 is 2.41 bits per heavy atom. The van der Waals surface area contributed by atoms with Gasteiger partial charge in [0, 0.05) is 13.2 Å². The highest BCUT2D eigenvalue weighted by molar-refractivity contribution is 6.01. The lowest BCUT2D eigenvalue weighted by Gasteiger charge is -2.10. The third kappa shape index (κ3) is 4.09. The van der Waals surface area contributed by atoms with Crippen LogP contribution in [0.3, 0.4) is 0 Å². The summed E-state index contributed by atoms with van der Waals surface area (Å²) in [4.78, 5) is 12.1. The highest BCUT2D eigenvalue weighted by Gasteiger charge is 2.17. The van der Waals surface area contributed by atoms with E-state index in [0.29, 0.717) is 6.54 Å². The highest BCUT2D eigenvalue weighted by Crippen LogP contribution is 2.19. The van der Waals surface area contributed by atoms with Crippen molar-refractivity contribution in [2.24, 2.45) is 0 Å². The SMILES string of the molecule is COc1ccc(/C=C(/C#N)C(=O)NC[C@@H]2CCCO2)c(C)c1. The molecule has 5 heteroatoms. The average molecular weight is 300 g/mol. The number of nitriles is 1. The molecule has 1 aliphatic heterocycles. The molecule has 1 aromatic rings. The largest absolute Gasteiger partial charge is 0.497 e. The fourth-order valence-electron chi connectivity index (χ4n) is 2.35. The number of hydrogen-bond donors (Lipinski definition) is 1. The number of methoxy groups -OCH3 is 1. The van der Waals surface area contributed by atoms with Gasteiger partial charge in [0.2, 0.25) is 0 Å². The van der Waals surface area contributed by atoms with E-state index in [1.807, 2.05) is 25.1 Å². The number of nitrogens with zero attached hydrogens (tertiary/aromatic N) is 1. The van der Waals surface area contributed by atoms with Gasteiger partial charge in [-0.05, 0) is 49.1 Å². The molecular formula is C17H20N2O3. The van der Waals surface area contributed by atoms with Crippen LogP contribution >= 0.6 is 0 Å². The molecule has 1 aromatic carbocycles. The summed E-state index contributed by atoms with van der Waals surface area (Å²) >= 11 is 0. The second-order valence-electron chi connectivity index (χ2n) is 5.24. The number of amides is 1. The molecule has 2 rings (SSSR count). The van der Waals surface area contributed by atoms with Crippen LogP contribution in [0.1, 0.15) is 24.0 Å². The minimum absolute atomic E-state index is 0.0617. The maximum Gasteiger partial charge on any atom is 0.262 e. The average Bonchev–Trinajstić information content (AvgIpc) is 3.04. The molecule has 22 heavy (non-hydrogen) atoms. The fraction of sp³-hybridized carbons (Fsp3) is 0.412. The number of carbonyl (C=O) groups is 1. The Labute approximate surface area is 130 Å². The molecule has 1 saturated heterocycles. The van der Waals surface area contributed by atoms with Crippen LogP contribution in [0.4, 0.5) is 0 Å². The second kappa shape index (κ2) is 7.62. The Kier molecular flexibility index (Phi) is 5.56. The van der Waals surface area contributed by atoms with E-state index in [9.17, 15) is 10.1 Å². The smallest absolute Gasteiger partial charge is 0.262 e. The van der Waals surface area contributed by atoms with Crippen molar-refractivity contribution in [3.8, 4) is 11.8 Å². The van der Waals surface area contributed by atoms with Gasteiger partial charge in [-0.25, -0.2) is 0 Å². The van der Waals surface area contributed by atoms with Crippen LogP contribution in [0, 0.1) is 18.3 Å². The summed E-state index contributed by atoms with van der Waals surface area (Å²) in [5, 5.41) is 12.0. The molecule has 0 aromatic heterocycles. The van der Waals surface area contributed by atoms with E-state index in [0.717, 1.165) is 36.3 Å². The quantitative estimate of drug-likeness (QED) is 0.668. The van der Waals surface area contributed by atoms with E-state index < -0.39 is 0 Å². The molecule has 0 unspecified atom stereocenters. The highest BCUT2D eigenvalue weighted by atomic mass is 16.5. The number of benzene rings is 1. The standard InChI is InChI=1S/C17H20N2O3/c1-12-8-15(21-2)6-5-13(12)9-14(10-18)17(20)19-11-16-4-3-7-22-16/h5-6,8-9,16H,3-4,7,11H2,1-2H3,(H,19,20)/b14-9-/t16-/m0/s1. The molecule has 0 aliphatic carbocycles. The zero-order chi connectivity index (χ0) is 15.9. The fourth-order valence-corrected chi connectivity index (χ4v) is 2.35. The minimum atomic E-state index is -0.367. The van der Waals surface area contributed by atoms with E-state index in [1.165, 1.54) is 0 Å². The molecule has 1 N–H and O–H groups in total. The van der Waals surface area contributed by atoms with Crippen LogP contribution in [-0.4, -0.2) is 32.3 Å². The monoisotopic (exact) mass is 300 g/mol. The Morgan fingerprint density at radius 1 is 1.59 bits per heavy atom. The van der Waals surface area contributed by atoms with Gasteiger partial charge in [-0.15, -0.1) is 0 Å². The lowest BCUT2D eigenvalue weighted by molar-refractivity contribution is -0.117. The van der Waals surface area contributed by atoms with Gasteiger partial charge in [-0.2, -0.15) is 5.26 Å². The van der Waals surface area contributed by atoms with E-state index in [2.05, 4.69) is 5.32 Å². The van der Waals surface area contributed by atoms with Crippen molar-refractivity contribution >= 4 is 12.0 Å². The third-order valence-corrected chi connectivity index (χ3v) is 3.66. The maximum atomic E-state index is 12.1. The first-order chi connectivity index (χ1) is 10.6. The lowest BCUT2D eigenvalue weighted by Crippen LogP contribution is -2.32. The molecule has 1 amide bonds. The lowest BCUT2D eigenvalue weighted by atomic mass is 10.1. The molecule has 0 bridgehead atoms. The number of hydrogen-bond acceptors (Lipinski definition) is 4. The minimum Gasteiger partial charge on any atom is -0.497 e. The first kappa shape index (κ1) is 16.1. The normalized spacial score (nSPS) is 17.9. The molecule has 1 heterocycles. The molecular weight excluding hydrogens is 280 g/mol. The van der Waals surface area contributed by atoms with Gasteiger partial charge in [0.15, 0.2) is 0 Å². The van der Waals surface area contributed by atoms with Gasteiger partial charge in [0.1, 0.15) is 17.4 Å². The number of nitrogens with one attached hydrogen (secondary N) is 1. The summed E-state index contributed by atoms with van der Waals surface area (Å²) in [5.74, 6) is 0.379. The zero-order valence-electron chi connectivity index (χ0n) is 12.9. The first-order valence-electron chi connectivity index (χ1n) is 7.30. The van der Waals surface area contributed by atoms with E-state index in [4.69, 9.17) is 9.47 Å². The van der Waals surface area contributed by atoms with Gasteiger partial charge >= 0.3 is 0 Å². The summed E-state index contributed by atoms with van der Waals surface area (Å²) in [6.45, 7) is 3.10. The number of rotatable bonds is 5. The van der Waals surface area contributed by atoms with Crippen molar-refractivity contribution in [3.63, 3.8) is 0 Å². The van der Waals surface area contributed by atoms with Crippen LogP contribution in [0.25, 0.3) is 6.08 Å². The van der Waals surface area contributed by atoms with E-state index in [-0.39, 0.29) is 17.6 Å². The molecule has 1 fully saturated rings. The van der Waals surface area contributed by atoms with Crippen LogP contribution < -0.4 is 10.1 Å². The van der Waals surface area contributed by atoms with Crippen LogP contribution in [0.5, 0.6) is 5.75 Å². The van der Waals surface area contributed by atoms with Gasteiger partial charge in [0.25, 0.3) is 5.91 Å². The summed E-state index contributed by atoms with van der Waals surface area (Å²) in [6.07, 6.45) is 3.63. The summed E-state index contributed by atoms with van der Waals surface area (Å²) in [6, 6.07) is 7.46. The number of carbonyl (C=O) groups excluding carboxylic acids is 1. The number of aryl methyl sites for hydroxylation is 1. The van der Waals surface area contributed by atoms with Gasteiger partial charge < -0.3 is 14.8 Å². The Balaban J connectivity index is 2.06. The molecule has 0 saturated carbocycles. The topological polar surface area (TPSA) is 71.3 Å². The Hall–Kier alpha value is -2.32. The first-order valence-corrected chi connectivity index (χ1v) is 7.30. The molecule has 5 nitrogen and oxygen atoms in total. The summed E-state index contributed by atoms with van der Waals surface area (Å²) < 4.78 is 10.6. The third-order valence-electron chi connectivity index (χ3n) is 3.66. The summed E-state index contributed by atoms with van der Waals surface area (Å²) in [5.41, 5.74) is 1.86. The van der Waals surface area contributed by atoms with Gasteiger partial charge in [-0.3, -0.25) is 4.79 Å². The molecule has 0 radical (unpaired) electrons. The van der Waals surface area contributed by atoms with E-state index in [1.54, 1.807) is 19.3 Å². The Morgan fingerprint density at radius 3 is 3.00 bits per heavy atom. The van der Waals surface area contributed by atoms with Crippen molar-refractivity contribution in [1.82, 2.24) is 5.32 Å².